The number of rotatable bonds is 7. The fourth-order valence-electron chi connectivity index (χ4n) is 4.92. The normalized spacial score (nSPS) is 19.6. The van der Waals surface area contributed by atoms with Gasteiger partial charge in [0.15, 0.2) is 0 Å². The molecule has 2 heterocycles. The zero-order chi connectivity index (χ0) is 29.2. The number of hydrogen-bond acceptors (Lipinski definition) is 7. The molecule has 1 aliphatic heterocycles. The molecule has 1 aromatic heterocycles. The topological polar surface area (TPSA) is 102 Å². The Morgan fingerprint density at radius 3 is 2.29 bits per heavy atom. The van der Waals surface area contributed by atoms with Crippen molar-refractivity contribution in [3.05, 3.63) is 39.5 Å². The molecule has 9 nitrogen and oxygen atoms in total. The van der Waals surface area contributed by atoms with Crippen molar-refractivity contribution >= 4 is 52.5 Å². The second kappa shape index (κ2) is 13.4. The van der Waals surface area contributed by atoms with Gasteiger partial charge in [-0.2, -0.15) is 18.2 Å². The molecule has 1 aliphatic carbocycles. The highest BCUT2D eigenvalue weighted by Gasteiger charge is 2.39. The van der Waals surface area contributed by atoms with E-state index in [2.05, 4.69) is 30.8 Å². The van der Waals surface area contributed by atoms with Crippen molar-refractivity contribution in [3.8, 4) is 0 Å². The summed E-state index contributed by atoms with van der Waals surface area (Å²) < 4.78 is 41.4. The highest BCUT2D eigenvalue weighted by Crippen LogP contribution is 2.37. The van der Waals surface area contributed by atoms with E-state index in [1.165, 1.54) is 12.1 Å². The van der Waals surface area contributed by atoms with Crippen molar-refractivity contribution in [1.82, 2.24) is 25.1 Å². The quantitative estimate of drug-likeness (QED) is 0.367. The van der Waals surface area contributed by atoms with Crippen LogP contribution in [0.15, 0.2) is 18.3 Å². The number of carbonyl (C=O) groups excluding carboxylic acids is 2. The molecule has 226 valence electrons. The van der Waals surface area contributed by atoms with Crippen molar-refractivity contribution in [1.29, 1.82) is 0 Å². The van der Waals surface area contributed by atoms with E-state index < -0.39 is 29.5 Å². The molecule has 1 saturated carbocycles. The van der Waals surface area contributed by atoms with Gasteiger partial charge in [-0.05, 0) is 45.9 Å². The van der Waals surface area contributed by atoms with Gasteiger partial charge in [-0.3, -0.25) is 9.59 Å². The van der Waals surface area contributed by atoms with E-state index in [1.807, 2.05) is 20.9 Å². The number of anilines is 3. The van der Waals surface area contributed by atoms with Crippen molar-refractivity contribution in [2.75, 3.05) is 43.9 Å². The average Bonchev–Trinajstić information content (AvgIpc) is 3.31. The molecule has 2 atom stereocenters. The predicted octanol–water partition coefficient (Wildman–Crippen LogP) is 5.67. The van der Waals surface area contributed by atoms with Crippen molar-refractivity contribution in [3.63, 3.8) is 0 Å². The number of carbonyl (C=O) groups is 2. The van der Waals surface area contributed by atoms with Gasteiger partial charge in [0.25, 0.3) is 5.91 Å². The van der Waals surface area contributed by atoms with Crippen LogP contribution in [0.4, 0.5) is 30.6 Å². The Morgan fingerprint density at radius 1 is 1.07 bits per heavy atom. The Bertz CT molecular complexity index is 1230. The van der Waals surface area contributed by atoms with Crippen molar-refractivity contribution < 1.29 is 22.8 Å². The maximum absolute atomic E-state index is 13.8. The van der Waals surface area contributed by atoms with Crippen LogP contribution in [0.5, 0.6) is 0 Å². The first-order valence-electron chi connectivity index (χ1n) is 13.1. The maximum atomic E-state index is 13.8. The van der Waals surface area contributed by atoms with E-state index in [0.29, 0.717) is 44.2 Å². The highest BCUT2D eigenvalue weighted by atomic mass is 35.5. The average molecular weight is 619 g/mol. The summed E-state index contributed by atoms with van der Waals surface area (Å²) in [5.74, 6) is -1.56. The molecule has 2 aromatic rings. The SMILES string of the molecule is C.CC(C)NC(=O)[C@H]1CCC[C@H]1Nc1nc(Nc2cc(Cl)c(C(=O)N3CCN(C)CC3)c(Cl)c2)ncc1C(F)(F)F. The van der Waals surface area contributed by atoms with Gasteiger partial charge in [0.1, 0.15) is 11.4 Å². The molecule has 4 rings (SSSR count). The minimum Gasteiger partial charge on any atom is -0.366 e. The van der Waals surface area contributed by atoms with E-state index in [0.717, 1.165) is 13.1 Å². The molecular weight excluding hydrogens is 582 g/mol. The minimum absolute atomic E-state index is 0. The van der Waals surface area contributed by atoms with Gasteiger partial charge in [-0.1, -0.05) is 37.0 Å². The monoisotopic (exact) mass is 617 g/mol. The standard InChI is InChI=1S/C26H32Cl2F3N7O2.CH4/c1-14(2)33-23(39)16-5-4-6-20(16)35-22-17(26(29,30)31)13-32-25(36-22)34-15-11-18(27)21(19(28)12-15)24(40)38-9-7-37(3)8-10-38;/h11-14,16,20H,4-10H2,1-3H3,(H,33,39)(H2,32,34,35,36);1H4/t16-,20+;/m0./s1. The first kappa shape index (κ1) is 32.7. The van der Waals surface area contributed by atoms with Gasteiger partial charge in [0, 0.05) is 50.1 Å². The van der Waals surface area contributed by atoms with Crippen LogP contribution >= 0.6 is 23.2 Å². The Labute approximate surface area is 248 Å². The van der Waals surface area contributed by atoms with Crippen LogP contribution in [-0.4, -0.2) is 76.9 Å². The molecule has 0 spiro atoms. The Balaban J connectivity index is 0.00000462. The van der Waals surface area contributed by atoms with Gasteiger partial charge in [0.05, 0.1) is 21.5 Å². The minimum atomic E-state index is -4.72. The maximum Gasteiger partial charge on any atom is 0.421 e. The van der Waals surface area contributed by atoms with Crippen LogP contribution in [0, 0.1) is 5.92 Å². The number of nitrogens with zero attached hydrogens (tertiary/aromatic N) is 4. The third kappa shape index (κ3) is 7.92. The van der Waals surface area contributed by atoms with E-state index in [1.54, 1.807) is 4.90 Å². The molecule has 14 heteroatoms. The molecule has 2 aliphatic rings. The summed E-state index contributed by atoms with van der Waals surface area (Å²) in [5, 5.41) is 8.71. The van der Waals surface area contributed by atoms with Gasteiger partial charge in [-0.15, -0.1) is 0 Å². The van der Waals surface area contributed by atoms with Gasteiger partial charge in [0.2, 0.25) is 11.9 Å². The van der Waals surface area contributed by atoms with Crippen LogP contribution in [-0.2, 0) is 11.0 Å². The second-order valence-electron chi connectivity index (χ2n) is 10.4. The molecule has 1 aromatic carbocycles. The number of aromatic nitrogens is 2. The third-order valence-electron chi connectivity index (χ3n) is 7.00. The molecule has 0 radical (unpaired) electrons. The van der Waals surface area contributed by atoms with Crippen molar-refractivity contribution in [2.45, 2.75) is 58.8 Å². The Kier molecular flexibility index (Phi) is 10.7. The van der Waals surface area contributed by atoms with Crippen molar-refractivity contribution in [2.24, 2.45) is 5.92 Å². The first-order chi connectivity index (χ1) is 18.8. The van der Waals surface area contributed by atoms with Crippen LogP contribution in [0.3, 0.4) is 0 Å². The number of alkyl halides is 3. The largest absolute Gasteiger partial charge is 0.421 e. The van der Waals surface area contributed by atoms with Crippen LogP contribution in [0.25, 0.3) is 0 Å². The smallest absolute Gasteiger partial charge is 0.366 e. The second-order valence-corrected chi connectivity index (χ2v) is 11.3. The zero-order valence-corrected chi connectivity index (χ0v) is 23.9. The summed E-state index contributed by atoms with van der Waals surface area (Å²) in [6.45, 7) is 6.19. The molecule has 2 amide bonds. The number of piperazine rings is 1. The fourth-order valence-corrected chi connectivity index (χ4v) is 5.57. The number of hydrogen-bond donors (Lipinski definition) is 3. The predicted molar refractivity (Wildman–Crippen MR) is 155 cm³/mol. The van der Waals surface area contributed by atoms with E-state index in [-0.39, 0.29) is 46.8 Å². The lowest BCUT2D eigenvalue weighted by Gasteiger charge is -2.32. The lowest BCUT2D eigenvalue weighted by atomic mass is 10.0. The van der Waals surface area contributed by atoms with Gasteiger partial charge >= 0.3 is 6.18 Å². The van der Waals surface area contributed by atoms with Gasteiger partial charge in [-0.25, -0.2) is 4.98 Å². The molecule has 3 N–H and O–H groups in total. The summed E-state index contributed by atoms with van der Waals surface area (Å²) in [6, 6.07) is 2.30. The Hall–Kier alpha value is -2.83. The lowest BCUT2D eigenvalue weighted by molar-refractivity contribution is -0.137. The summed E-state index contributed by atoms with van der Waals surface area (Å²) in [4.78, 5) is 37.4. The Morgan fingerprint density at radius 2 is 1.71 bits per heavy atom. The highest BCUT2D eigenvalue weighted by molar-refractivity contribution is 6.40. The number of likely N-dealkylation sites (N-methyl/N-ethyl adjacent to an activating group) is 1. The molecule has 0 bridgehead atoms. The molecular formula is C27H36Cl2F3N7O2. The molecule has 0 unspecified atom stereocenters. The van der Waals surface area contributed by atoms with E-state index in [4.69, 9.17) is 23.2 Å². The third-order valence-corrected chi connectivity index (χ3v) is 7.60. The zero-order valence-electron chi connectivity index (χ0n) is 22.4. The molecule has 1 saturated heterocycles. The summed E-state index contributed by atoms with van der Waals surface area (Å²) in [7, 11) is 1.97. The lowest BCUT2D eigenvalue weighted by Crippen LogP contribution is -2.47. The number of nitrogens with one attached hydrogen (secondary N) is 3. The van der Waals surface area contributed by atoms with E-state index in [9.17, 15) is 22.8 Å². The number of halogens is 5. The number of amides is 2. The van der Waals surface area contributed by atoms with Crippen LogP contribution in [0.1, 0.15) is 56.5 Å². The fraction of sp³-hybridized carbons (Fsp3) is 0.556. The first-order valence-corrected chi connectivity index (χ1v) is 13.8. The molecule has 2 fully saturated rings. The van der Waals surface area contributed by atoms with Crippen LogP contribution < -0.4 is 16.0 Å². The summed E-state index contributed by atoms with van der Waals surface area (Å²) in [5.41, 5.74) is -0.594. The van der Waals surface area contributed by atoms with E-state index >= 15 is 0 Å². The molecule has 41 heavy (non-hydrogen) atoms. The van der Waals surface area contributed by atoms with Gasteiger partial charge < -0.3 is 25.8 Å². The summed E-state index contributed by atoms with van der Waals surface area (Å²) in [6.07, 6.45) is -2.25. The number of benzene rings is 1. The van der Waals surface area contributed by atoms with Crippen LogP contribution in [0.2, 0.25) is 10.0 Å². The summed E-state index contributed by atoms with van der Waals surface area (Å²) >= 11 is 12.9.